The molecule has 0 bridgehead atoms. The van der Waals surface area contributed by atoms with Crippen LogP contribution in [0.3, 0.4) is 0 Å². The molecule has 1 aliphatic rings. The Morgan fingerprint density at radius 2 is 1.87 bits per heavy atom. The van der Waals surface area contributed by atoms with Crippen LogP contribution in [0.25, 0.3) is 0 Å². The number of hydrogen-bond donors (Lipinski definition) is 1. The molecule has 0 saturated carbocycles. The van der Waals surface area contributed by atoms with E-state index in [1.165, 1.54) is 0 Å². The van der Waals surface area contributed by atoms with Crippen LogP contribution in [-0.4, -0.2) is 58.7 Å². The predicted molar refractivity (Wildman–Crippen MR) is 114 cm³/mol. The van der Waals surface area contributed by atoms with Crippen molar-refractivity contribution in [2.45, 2.75) is 30.2 Å². The zero-order chi connectivity index (χ0) is 21.8. The molecule has 0 aliphatic carbocycles. The molecule has 8 heteroatoms. The van der Waals surface area contributed by atoms with Crippen LogP contribution in [0.15, 0.2) is 53.4 Å². The number of sulfonamides is 1. The Morgan fingerprint density at radius 3 is 2.53 bits per heavy atom. The first-order valence-electron chi connectivity index (χ1n) is 9.83. The normalized spacial score (nSPS) is 19.1. The Labute approximate surface area is 178 Å². The van der Waals surface area contributed by atoms with Crippen molar-refractivity contribution in [3.8, 4) is 5.75 Å². The molecule has 0 radical (unpaired) electrons. The lowest BCUT2D eigenvalue weighted by atomic mass is 9.96. The number of carbonyl (C=O) groups excluding carboxylic acids is 1. The summed E-state index contributed by atoms with van der Waals surface area (Å²) < 4.78 is 39.4. The molecule has 1 saturated heterocycles. The first kappa shape index (κ1) is 22.3. The number of carbonyl (C=O) groups is 1. The molecular formula is C22H28N2O5S. The van der Waals surface area contributed by atoms with Gasteiger partial charge in [0, 0.05) is 37.9 Å². The van der Waals surface area contributed by atoms with Gasteiger partial charge in [-0.1, -0.05) is 24.3 Å². The van der Waals surface area contributed by atoms with Crippen molar-refractivity contribution in [2.75, 3.05) is 33.9 Å². The summed E-state index contributed by atoms with van der Waals surface area (Å²) in [5.41, 5.74) is 0.541. The molecule has 3 rings (SSSR count). The third-order valence-electron chi connectivity index (χ3n) is 5.56. The van der Waals surface area contributed by atoms with E-state index in [4.69, 9.17) is 9.47 Å². The van der Waals surface area contributed by atoms with Crippen molar-refractivity contribution in [3.63, 3.8) is 0 Å². The molecule has 1 atom stereocenters. The van der Waals surface area contributed by atoms with Gasteiger partial charge in [-0.15, -0.1) is 0 Å². The van der Waals surface area contributed by atoms with E-state index >= 15 is 0 Å². The Balaban J connectivity index is 1.85. The molecule has 2 aromatic rings. The molecule has 0 aromatic heterocycles. The minimum Gasteiger partial charge on any atom is -0.496 e. The van der Waals surface area contributed by atoms with Crippen LogP contribution in [0.5, 0.6) is 5.75 Å². The van der Waals surface area contributed by atoms with Crippen LogP contribution in [0.4, 0.5) is 0 Å². The molecule has 0 spiro atoms. The summed E-state index contributed by atoms with van der Waals surface area (Å²) in [5.74, 6) is 0.514. The van der Waals surface area contributed by atoms with Crippen LogP contribution in [0.1, 0.15) is 28.8 Å². The van der Waals surface area contributed by atoms with Gasteiger partial charge in [0.1, 0.15) is 5.75 Å². The van der Waals surface area contributed by atoms with E-state index in [2.05, 4.69) is 4.72 Å². The first-order valence-corrected chi connectivity index (χ1v) is 11.3. The van der Waals surface area contributed by atoms with E-state index in [1.54, 1.807) is 61.6 Å². The molecular weight excluding hydrogens is 404 g/mol. The standard InChI is InChI=1S/C22H28N2O5S/c1-17-19(10-7-11-20(17)29-3)21(25)24-14-12-22(16-24,13-15-28-2)23-30(26,27)18-8-5-4-6-9-18/h4-11,23H,12-16H2,1-3H3. The second-order valence-corrected chi connectivity index (χ2v) is 9.23. The maximum atomic E-state index is 13.2. The third-order valence-corrected chi connectivity index (χ3v) is 7.16. The number of nitrogens with zero attached hydrogens (tertiary/aromatic N) is 1. The highest BCUT2D eigenvalue weighted by atomic mass is 32.2. The summed E-state index contributed by atoms with van der Waals surface area (Å²) in [7, 11) is -0.578. The summed E-state index contributed by atoms with van der Waals surface area (Å²) in [6.07, 6.45) is 0.980. The van der Waals surface area contributed by atoms with Crippen molar-refractivity contribution in [3.05, 3.63) is 59.7 Å². The zero-order valence-electron chi connectivity index (χ0n) is 17.6. The molecule has 1 N–H and O–H groups in total. The fraction of sp³-hybridized carbons (Fsp3) is 0.409. The maximum absolute atomic E-state index is 13.2. The number of nitrogens with one attached hydrogen (secondary N) is 1. The Morgan fingerprint density at radius 1 is 1.13 bits per heavy atom. The van der Waals surface area contributed by atoms with Crippen LogP contribution in [0.2, 0.25) is 0 Å². The van der Waals surface area contributed by atoms with Gasteiger partial charge in [-0.05, 0) is 44.0 Å². The number of benzene rings is 2. The van der Waals surface area contributed by atoms with E-state index in [1.807, 2.05) is 13.0 Å². The summed E-state index contributed by atoms with van der Waals surface area (Å²) >= 11 is 0. The number of hydrogen-bond acceptors (Lipinski definition) is 5. The van der Waals surface area contributed by atoms with Crippen molar-refractivity contribution < 1.29 is 22.7 Å². The SMILES string of the molecule is COCCC1(NS(=O)(=O)c2ccccc2)CCN(C(=O)c2cccc(OC)c2C)C1. The van der Waals surface area contributed by atoms with E-state index in [9.17, 15) is 13.2 Å². The van der Waals surface area contributed by atoms with Crippen LogP contribution in [-0.2, 0) is 14.8 Å². The quantitative estimate of drug-likeness (QED) is 0.693. The maximum Gasteiger partial charge on any atom is 0.254 e. The average Bonchev–Trinajstić information content (AvgIpc) is 3.16. The molecule has 1 unspecified atom stereocenters. The van der Waals surface area contributed by atoms with Gasteiger partial charge in [0.25, 0.3) is 5.91 Å². The van der Waals surface area contributed by atoms with Gasteiger partial charge in [0.15, 0.2) is 0 Å². The van der Waals surface area contributed by atoms with E-state index in [0.717, 1.165) is 5.56 Å². The van der Waals surface area contributed by atoms with Crippen LogP contribution < -0.4 is 9.46 Å². The Kier molecular flexibility index (Phi) is 6.80. The average molecular weight is 433 g/mol. The molecule has 1 heterocycles. The van der Waals surface area contributed by atoms with Crippen LogP contribution >= 0.6 is 0 Å². The number of likely N-dealkylation sites (tertiary alicyclic amines) is 1. The van der Waals surface area contributed by atoms with E-state index in [0.29, 0.717) is 37.3 Å². The fourth-order valence-electron chi connectivity index (χ4n) is 3.86. The summed E-state index contributed by atoms with van der Waals surface area (Å²) in [6, 6.07) is 13.6. The van der Waals surface area contributed by atoms with Gasteiger partial charge in [-0.3, -0.25) is 4.79 Å². The molecule has 1 amide bonds. The highest BCUT2D eigenvalue weighted by Gasteiger charge is 2.43. The minimum absolute atomic E-state index is 0.135. The minimum atomic E-state index is -3.73. The highest BCUT2D eigenvalue weighted by molar-refractivity contribution is 7.89. The van der Waals surface area contributed by atoms with Gasteiger partial charge in [-0.25, -0.2) is 13.1 Å². The van der Waals surface area contributed by atoms with Crippen molar-refractivity contribution in [1.29, 1.82) is 0 Å². The number of amides is 1. The smallest absolute Gasteiger partial charge is 0.254 e. The predicted octanol–water partition coefficient (Wildman–Crippen LogP) is 2.60. The fourth-order valence-corrected chi connectivity index (χ4v) is 5.33. The molecule has 2 aromatic carbocycles. The molecule has 7 nitrogen and oxygen atoms in total. The monoisotopic (exact) mass is 432 g/mol. The number of ether oxygens (including phenoxy) is 2. The summed E-state index contributed by atoms with van der Waals surface area (Å²) in [4.78, 5) is 15.1. The number of rotatable bonds is 8. The van der Waals surface area contributed by atoms with Gasteiger partial charge in [0.05, 0.1) is 17.5 Å². The van der Waals surface area contributed by atoms with Gasteiger partial charge in [-0.2, -0.15) is 0 Å². The topological polar surface area (TPSA) is 84.9 Å². The van der Waals surface area contributed by atoms with Gasteiger partial charge in [0.2, 0.25) is 10.0 Å². The lowest BCUT2D eigenvalue weighted by Gasteiger charge is -2.30. The third kappa shape index (κ3) is 4.66. The number of methoxy groups -OCH3 is 2. The summed E-state index contributed by atoms with van der Waals surface area (Å²) in [6.45, 7) is 2.96. The lowest BCUT2D eigenvalue weighted by Crippen LogP contribution is -2.51. The summed E-state index contributed by atoms with van der Waals surface area (Å²) in [5, 5.41) is 0. The van der Waals surface area contributed by atoms with Crippen molar-refractivity contribution in [2.24, 2.45) is 0 Å². The van der Waals surface area contributed by atoms with Crippen molar-refractivity contribution in [1.82, 2.24) is 9.62 Å². The molecule has 1 fully saturated rings. The second-order valence-electron chi connectivity index (χ2n) is 7.55. The van der Waals surface area contributed by atoms with E-state index < -0.39 is 15.6 Å². The molecule has 1 aliphatic heterocycles. The van der Waals surface area contributed by atoms with Crippen molar-refractivity contribution >= 4 is 15.9 Å². The highest BCUT2D eigenvalue weighted by Crippen LogP contribution is 2.30. The lowest BCUT2D eigenvalue weighted by molar-refractivity contribution is 0.0774. The zero-order valence-corrected chi connectivity index (χ0v) is 18.4. The second kappa shape index (κ2) is 9.16. The Bertz CT molecular complexity index is 994. The molecule has 30 heavy (non-hydrogen) atoms. The van der Waals surface area contributed by atoms with Gasteiger partial charge < -0.3 is 14.4 Å². The van der Waals surface area contributed by atoms with Gasteiger partial charge >= 0.3 is 0 Å². The first-order chi connectivity index (χ1) is 14.3. The van der Waals surface area contributed by atoms with E-state index in [-0.39, 0.29) is 17.3 Å². The largest absolute Gasteiger partial charge is 0.496 e. The molecule has 162 valence electrons. The Hall–Kier alpha value is -2.42. The van der Waals surface area contributed by atoms with Crippen LogP contribution in [0, 0.1) is 6.92 Å².